The number of oxazole rings is 1. The van der Waals surface area contributed by atoms with Gasteiger partial charge in [-0.25, -0.2) is 4.98 Å². The number of nitrogens with one attached hydrogen (secondary N) is 1. The summed E-state index contributed by atoms with van der Waals surface area (Å²) in [4.78, 5) is 20.0. The van der Waals surface area contributed by atoms with Gasteiger partial charge in [-0.2, -0.15) is 0 Å². The third-order valence-electron chi connectivity index (χ3n) is 6.69. The molecule has 0 radical (unpaired) electrons. The van der Waals surface area contributed by atoms with Crippen LogP contribution in [-0.4, -0.2) is 34.9 Å². The first-order valence-corrected chi connectivity index (χ1v) is 12.2. The Kier molecular flexibility index (Phi) is 7.67. The number of aryl methyl sites for hydroxylation is 1. The summed E-state index contributed by atoms with van der Waals surface area (Å²) in [5.74, 6) is 1.78. The summed E-state index contributed by atoms with van der Waals surface area (Å²) in [5.41, 5.74) is 1.87. The first-order valence-electron chi connectivity index (χ1n) is 11.8. The van der Waals surface area contributed by atoms with Crippen molar-refractivity contribution < 1.29 is 9.21 Å². The number of aromatic nitrogens is 1. The van der Waals surface area contributed by atoms with Crippen molar-refractivity contribution >= 4 is 17.5 Å². The van der Waals surface area contributed by atoms with Crippen molar-refractivity contribution in [2.24, 2.45) is 5.92 Å². The van der Waals surface area contributed by atoms with E-state index in [1.165, 1.54) is 32.1 Å². The van der Waals surface area contributed by atoms with Crippen LogP contribution in [0.4, 0.5) is 0 Å². The van der Waals surface area contributed by atoms with Crippen LogP contribution in [0, 0.1) is 12.8 Å². The Bertz CT molecular complexity index is 856. The molecule has 1 N–H and O–H groups in total. The fraction of sp³-hybridized carbons (Fsp3) is 0.600. The van der Waals surface area contributed by atoms with Crippen molar-refractivity contribution in [3.8, 4) is 11.5 Å². The van der Waals surface area contributed by atoms with Gasteiger partial charge in [0.2, 0.25) is 11.8 Å². The summed E-state index contributed by atoms with van der Waals surface area (Å²) < 4.78 is 5.92. The van der Waals surface area contributed by atoms with Crippen LogP contribution in [0.2, 0.25) is 5.02 Å². The van der Waals surface area contributed by atoms with Gasteiger partial charge in [-0.3, -0.25) is 9.69 Å². The Balaban J connectivity index is 1.34. The van der Waals surface area contributed by atoms with Gasteiger partial charge in [0.15, 0.2) is 0 Å². The predicted octanol–water partition coefficient (Wildman–Crippen LogP) is 5.74. The van der Waals surface area contributed by atoms with Crippen molar-refractivity contribution in [1.29, 1.82) is 0 Å². The van der Waals surface area contributed by atoms with Crippen molar-refractivity contribution in [2.45, 2.75) is 77.3 Å². The molecule has 2 aromatic rings. The molecule has 1 aromatic carbocycles. The molecule has 2 fully saturated rings. The molecule has 1 aliphatic heterocycles. The van der Waals surface area contributed by atoms with Crippen LogP contribution in [-0.2, 0) is 11.3 Å². The summed E-state index contributed by atoms with van der Waals surface area (Å²) in [6.45, 7) is 4.47. The summed E-state index contributed by atoms with van der Waals surface area (Å²) in [6, 6.07) is 7.91. The number of nitrogens with zero attached hydrogens (tertiary/aromatic N) is 2. The summed E-state index contributed by atoms with van der Waals surface area (Å²) in [5, 5.41) is 4.07. The minimum Gasteiger partial charge on any atom is -0.441 e. The highest BCUT2D eigenvalue weighted by atomic mass is 35.5. The van der Waals surface area contributed by atoms with Crippen molar-refractivity contribution in [3.05, 3.63) is 40.7 Å². The van der Waals surface area contributed by atoms with Crippen LogP contribution >= 0.6 is 11.6 Å². The number of amides is 1. The molecule has 6 heteroatoms. The zero-order valence-electron chi connectivity index (χ0n) is 18.5. The van der Waals surface area contributed by atoms with Crippen molar-refractivity contribution in [1.82, 2.24) is 15.2 Å². The van der Waals surface area contributed by atoms with E-state index in [0.29, 0.717) is 17.0 Å². The molecule has 2 heterocycles. The monoisotopic (exact) mass is 443 g/mol. The molecule has 1 aromatic heterocycles. The smallest absolute Gasteiger partial charge is 0.226 e. The number of carbonyl (C=O) groups is 1. The van der Waals surface area contributed by atoms with E-state index in [1.807, 2.05) is 31.2 Å². The number of hydrogen-bond acceptors (Lipinski definition) is 4. The Morgan fingerprint density at radius 3 is 2.55 bits per heavy atom. The second-order valence-corrected chi connectivity index (χ2v) is 9.59. The number of rotatable bonds is 5. The van der Waals surface area contributed by atoms with E-state index in [-0.39, 0.29) is 11.8 Å². The molecule has 1 aliphatic carbocycles. The second kappa shape index (κ2) is 10.6. The van der Waals surface area contributed by atoms with Crippen LogP contribution in [0.15, 0.2) is 28.7 Å². The Morgan fingerprint density at radius 1 is 1.10 bits per heavy atom. The van der Waals surface area contributed by atoms with Crippen molar-refractivity contribution in [2.75, 3.05) is 13.1 Å². The van der Waals surface area contributed by atoms with E-state index in [9.17, 15) is 4.79 Å². The summed E-state index contributed by atoms with van der Waals surface area (Å²) in [7, 11) is 0. The molecular weight excluding hydrogens is 410 g/mol. The molecule has 168 valence electrons. The van der Waals surface area contributed by atoms with Gasteiger partial charge in [0, 0.05) is 29.7 Å². The average molecular weight is 444 g/mol. The minimum absolute atomic E-state index is 0.0714. The number of carbonyl (C=O) groups excluding carboxylic acids is 1. The maximum Gasteiger partial charge on any atom is 0.226 e. The number of benzene rings is 1. The van der Waals surface area contributed by atoms with Gasteiger partial charge < -0.3 is 9.73 Å². The third kappa shape index (κ3) is 6.11. The quantitative estimate of drug-likeness (QED) is 0.639. The molecule has 0 unspecified atom stereocenters. The van der Waals surface area contributed by atoms with E-state index in [2.05, 4.69) is 10.2 Å². The number of piperidine rings is 1. The zero-order valence-corrected chi connectivity index (χ0v) is 19.3. The van der Waals surface area contributed by atoms with Crippen molar-refractivity contribution in [3.63, 3.8) is 0 Å². The number of halogens is 1. The van der Waals surface area contributed by atoms with E-state index >= 15 is 0 Å². The largest absolute Gasteiger partial charge is 0.441 e. The molecule has 1 saturated carbocycles. The summed E-state index contributed by atoms with van der Waals surface area (Å²) >= 11 is 5.99. The van der Waals surface area contributed by atoms with E-state index in [0.717, 1.165) is 62.3 Å². The summed E-state index contributed by atoms with van der Waals surface area (Å²) in [6.07, 6.45) is 10.7. The fourth-order valence-electron chi connectivity index (χ4n) is 4.84. The van der Waals surface area contributed by atoms with E-state index in [1.54, 1.807) is 0 Å². The number of likely N-dealkylation sites (tertiary alicyclic amines) is 1. The van der Waals surface area contributed by atoms with Gasteiger partial charge in [0.05, 0.1) is 11.6 Å². The van der Waals surface area contributed by atoms with Crippen LogP contribution in [0.3, 0.4) is 0 Å². The second-order valence-electron chi connectivity index (χ2n) is 9.15. The van der Waals surface area contributed by atoms with E-state index < -0.39 is 0 Å². The standard InChI is InChI=1S/C25H34ClN3O2/c1-18-23(28-25(31-18)19-11-13-21(26)14-12-19)17-29-15-7-8-20(16-29)24(30)27-22-9-5-3-2-4-6-10-22/h11-14,20,22H,2-10,15-17H2,1H3,(H,27,30)/t20-/m1/s1. The minimum atomic E-state index is 0.0714. The SMILES string of the molecule is Cc1oc(-c2ccc(Cl)cc2)nc1CN1CCC[C@@H](C(=O)NC2CCCCCCC2)C1. The first kappa shape index (κ1) is 22.3. The molecule has 31 heavy (non-hydrogen) atoms. The lowest BCUT2D eigenvalue weighted by Crippen LogP contribution is -2.45. The number of hydrogen-bond donors (Lipinski definition) is 1. The molecule has 0 bridgehead atoms. The maximum absolute atomic E-state index is 13.0. The van der Waals surface area contributed by atoms with Gasteiger partial charge in [-0.15, -0.1) is 0 Å². The molecule has 1 atom stereocenters. The molecule has 0 spiro atoms. The average Bonchev–Trinajstić information content (AvgIpc) is 3.11. The Labute approximate surface area is 190 Å². The highest BCUT2D eigenvalue weighted by Crippen LogP contribution is 2.26. The lowest BCUT2D eigenvalue weighted by Gasteiger charge is -2.32. The molecule has 5 nitrogen and oxygen atoms in total. The van der Waals surface area contributed by atoms with Crippen LogP contribution in [0.25, 0.3) is 11.5 Å². The fourth-order valence-corrected chi connectivity index (χ4v) is 4.96. The lowest BCUT2D eigenvalue weighted by molar-refractivity contribution is -0.127. The Morgan fingerprint density at radius 2 is 1.81 bits per heavy atom. The van der Waals surface area contributed by atoms with Gasteiger partial charge in [-0.1, -0.05) is 43.7 Å². The highest BCUT2D eigenvalue weighted by molar-refractivity contribution is 6.30. The molecule has 2 aliphatic rings. The van der Waals surface area contributed by atoms with E-state index in [4.69, 9.17) is 21.0 Å². The van der Waals surface area contributed by atoms with Crippen LogP contribution in [0.5, 0.6) is 0 Å². The first-order chi connectivity index (χ1) is 15.1. The van der Waals surface area contributed by atoms with Crippen LogP contribution < -0.4 is 5.32 Å². The predicted molar refractivity (Wildman–Crippen MR) is 124 cm³/mol. The molecule has 4 rings (SSSR count). The van der Waals surface area contributed by atoms with Gasteiger partial charge in [0.1, 0.15) is 5.76 Å². The Hall–Kier alpha value is -1.85. The maximum atomic E-state index is 13.0. The van der Waals surface area contributed by atoms with Crippen LogP contribution in [0.1, 0.15) is 69.2 Å². The lowest BCUT2D eigenvalue weighted by atomic mass is 9.94. The van der Waals surface area contributed by atoms with Gasteiger partial charge in [-0.05, 0) is 63.4 Å². The van der Waals surface area contributed by atoms with Gasteiger partial charge >= 0.3 is 0 Å². The third-order valence-corrected chi connectivity index (χ3v) is 6.94. The molecule has 1 amide bonds. The van der Waals surface area contributed by atoms with Gasteiger partial charge in [0.25, 0.3) is 0 Å². The topological polar surface area (TPSA) is 58.4 Å². The zero-order chi connectivity index (χ0) is 21.6. The normalized spacial score (nSPS) is 21.4. The highest BCUT2D eigenvalue weighted by Gasteiger charge is 2.28. The molecule has 1 saturated heterocycles. The molecular formula is C25H34ClN3O2.